The van der Waals surface area contributed by atoms with Gasteiger partial charge in [0.2, 0.25) is 5.91 Å². The summed E-state index contributed by atoms with van der Waals surface area (Å²) < 4.78 is 1.99. The Hall–Kier alpha value is -5.45. The molecule has 11 heteroatoms. The highest BCUT2D eigenvalue weighted by atomic mass is 16.4. The highest BCUT2D eigenvalue weighted by Gasteiger charge is 2.40. The lowest BCUT2D eigenvalue weighted by atomic mass is 9.72. The first-order chi connectivity index (χ1) is 23.2. The number of anilines is 2. The number of nitrogens with one attached hydrogen (secondary N) is 2. The highest BCUT2D eigenvalue weighted by molar-refractivity contribution is 5.85. The van der Waals surface area contributed by atoms with Gasteiger partial charge in [0, 0.05) is 48.2 Å². The maximum Gasteiger partial charge on any atom is 0.405 e. The van der Waals surface area contributed by atoms with Crippen LogP contribution in [0.3, 0.4) is 0 Å². The average molecular weight is 645 g/mol. The molecule has 3 aromatic heterocycles. The van der Waals surface area contributed by atoms with Crippen LogP contribution >= 0.6 is 0 Å². The second-order valence-corrected chi connectivity index (χ2v) is 13.1. The molecule has 5 aromatic rings. The van der Waals surface area contributed by atoms with Crippen LogP contribution in [0.2, 0.25) is 0 Å². The largest absolute Gasteiger partial charge is 0.465 e. The van der Waals surface area contributed by atoms with Gasteiger partial charge in [0.05, 0.1) is 16.8 Å². The van der Waals surface area contributed by atoms with Crippen molar-refractivity contribution in [2.24, 2.45) is 5.92 Å². The Morgan fingerprint density at radius 3 is 2.40 bits per heavy atom. The van der Waals surface area contributed by atoms with E-state index in [1.165, 1.54) is 0 Å². The minimum atomic E-state index is -1.02. The third kappa shape index (κ3) is 5.92. The van der Waals surface area contributed by atoms with E-state index in [4.69, 9.17) is 15.7 Å². The number of pyridine rings is 2. The Morgan fingerprint density at radius 1 is 0.958 bits per heavy atom. The Labute approximate surface area is 279 Å². The van der Waals surface area contributed by atoms with Crippen molar-refractivity contribution in [1.82, 2.24) is 30.2 Å². The molecule has 0 spiro atoms. The van der Waals surface area contributed by atoms with Crippen molar-refractivity contribution in [1.29, 1.82) is 0 Å². The number of fused-ring (bicyclic) bond motifs is 1. The van der Waals surface area contributed by atoms with Gasteiger partial charge in [0.25, 0.3) is 0 Å². The summed E-state index contributed by atoms with van der Waals surface area (Å²) in [4.78, 5) is 40.9. The highest BCUT2D eigenvalue weighted by Crippen LogP contribution is 2.42. The minimum absolute atomic E-state index is 0.0426. The zero-order valence-corrected chi connectivity index (χ0v) is 27.2. The maximum atomic E-state index is 12.6. The normalized spacial score (nSPS) is 16.1. The SMILES string of the molecule is CC(C)NC(=O)C1CCN(c2cccc(-c3ccc4nc(-c5cccnc5N)n(-c5ccc(C6(NC(=O)O)CCC6)cc5)c4n3)c2)CC1. The van der Waals surface area contributed by atoms with Gasteiger partial charge in [-0.1, -0.05) is 24.3 Å². The van der Waals surface area contributed by atoms with Crippen LogP contribution < -0.4 is 21.3 Å². The Kier molecular flexibility index (Phi) is 8.20. The van der Waals surface area contributed by atoms with Gasteiger partial charge in [-0.2, -0.15) is 0 Å². The number of hydrogen-bond donors (Lipinski definition) is 4. The summed E-state index contributed by atoms with van der Waals surface area (Å²) in [6.45, 7) is 5.62. The molecule has 0 bridgehead atoms. The van der Waals surface area contributed by atoms with Crippen LogP contribution in [0, 0.1) is 5.92 Å². The molecule has 1 saturated heterocycles. The van der Waals surface area contributed by atoms with Crippen LogP contribution in [0.4, 0.5) is 16.3 Å². The number of nitrogens with two attached hydrogens (primary N) is 1. The molecule has 4 heterocycles. The standard InChI is InChI=1S/C37H40N8O3/c1-23(2)40-35(46)24-15-20-44(21-16-24)28-7-3-6-25(22-28)30-13-14-31-34(41-30)45(33(42-31)29-8-4-19-39-32(29)38)27-11-9-26(10-12-27)37(17-5-18-37)43-36(47)48/h3-4,6-14,19,22-24,43H,5,15-18,20-21H2,1-2H3,(H2,38,39)(H,40,46)(H,47,48). The van der Waals surface area contributed by atoms with Gasteiger partial charge in [-0.15, -0.1) is 0 Å². The van der Waals surface area contributed by atoms with Crippen LogP contribution in [0.1, 0.15) is 51.5 Å². The van der Waals surface area contributed by atoms with Crippen LogP contribution in [-0.2, 0) is 10.3 Å². The zero-order valence-electron chi connectivity index (χ0n) is 27.2. The number of carbonyl (C=O) groups is 2. The summed E-state index contributed by atoms with van der Waals surface area (Å²) in [5.41, 5.74) is 12.5. The van der Waals surface area contributed by atoms with Gasteiger partial charge >= 0.3 is 6.09 Å². The van der Waals surface area contributed by atoms with Gasteiger partial charge in [0.15, 0.2) is 11.5 Å². The molecule has 0 atom stereocenters. The van der Waals surface area contributed by atoms with Crippen molar-refractivity contribution in [3.63, 3.8) is 0 Å². The molecule has 246 valence electrons. The monoisotopic (exact) mass is 644 g/mol. The topological polar surface area (TPSA) is 151 Å². The van der Waals surface area contributed by atoms with E-state index in [1.807, 2.05) is 73.0 Å². The average Bonchev–Trinajstić information content (AvgIpc) is 3.45. The molecular formula is C37H40N8O3. The molecule has 2 fully saturated rings. The first kappa shape index (κ1) is 31.2. The van der Waals surface area contributed by atoms with Crippen molar-refractivity contribution < 1.29 is 14.7 Å². The summed E-state index contributed by atoms with van der Waals surface area (Å²) in [5.74, 6) is 1.17. The number of carboxylic acid groups (broad SMARTS) is 1. The number of aromatic nitrogens is 4. The molecule has 1 saturated carbocycles. The molecule has 11 nitrogen and oxygen atoms in total. The van der Waals surface area contributed by atoms with Gasteiger partial charge in [-0.25, -0.2) is 19.7 Å². The number of amides is 2. The van der Waals surface area contributed by atoms with E-state index >= 15 is 0 Å². The lowest BCUT2D eigenvalue weighted by Gasteiger charge is -2.42. The summed E-state index contributed by atoms with van der Waals surface area (Å²) in [5, 5.41) is 15.3. The molecular weight excluding hydrogens is 604 g/mol. The predicted octanol–water partition coefficient (Wildman–Crippen LogP) is 6.12. The van der Waals surface area contributed by atoms with Crippen molar-refractivity contribution in [2.75, 3.05) is 23.7 Å². The van der Waals surface area contributed by atoms with Crippen LogP contribution in [0.5, 0.6) is 0 Å². The van der Waals surface area contributed by atoms with E-state index in [0.29, 0.717) is 28.4 Å². The van der Waals surface area contributed by atoms with Crippen LogP contribution in [0.15, 0.2) is 79.0 Å². The van der Waals surface area contributed by atoms with Crippen molar-refractivity contribution >= 4 is 34.7 Å². The number of imidazole rings is 1. The summed E-state index contributed by atoms with van der Waals surface area (Å²) in [6, 6.07) is 24.1. The van der Waals surface area contributed by atoms with E-state index in [2.05, 4.69) is 38.7 Å². The molecule has 5 N–H and O–H groups in total. The lowest BCUT2D eigenvalue weighted by molar-refractivity contribution is -0.126. The second kappa shape index (κ2) is 12.6. The third-order valence-corrected chi connectivity index (χ3v) is 9.62. The van der Waals surface area contributed by atoms with Crippen molar-refractivity contribution in [3.8, 4) is 28.3 Å². The number of hydrogen-bond acceptors (Lipinski definition) is 7. The summed E-state index contributed by atoms with van der Waals surface area (Å²) in [6.07, 6.45) is 4.77. The smallest absolute Gasteiger partial charge is 0.405 e. The molecule has 2 aromatic carbocycles. The van der Waals surface area contributed by atoms with Crippen LogP contribution in [-0.4, -0.2) is 55.8 Å². The molecule has 2 amide bonds. The number of benzene rings is 2. The third-order valence-electron chi connectivity index (χ3n) is 9.62. The Balaban J connectivity index is 1.24. The van der Waals surface area contributed by atoms with E-state index in [-0.39, 0.29) is 17.9 Å². The fourth-order valence-corrected chi connectivity index (χ4v) is 6.96. The molecule has 48 heavy (non-hydrogen) atoms. The number of piperidine rings is 1. The fourth-order valence-electron chi connectivity index (χ4n) is 6.96. The Morgan fingerprint density at radius 2 is 1.73 bits per heavy atom. The van der Waals surface area contributed by atoms with Crippen molar-refractivity contribution in [2.45, 2.75) is 57.5 Å². The summed E-state index contributed by atoms with van der Waals surface area (Å²) in [7, 11) is 0. The molecule has 0 radical (unpaired) electrons. The molecule has 1 aliphatic carbocycles. The van der Waals surface area contributed by atoms with Crippen molar-refractivity contribution in [3.05, 3.63) is 84.6 Å². The molecule has 2 aliphatic rings. The van der Waals surface area contributed by atoms with E-state index < -0.39 is 11.6 Å². The van der Waals surface area contributed by atoms with Crippen LogP contribution in [0.25, 0.3) is 39.5 Å². The minimum Gasteiger partial charge on any atom is -0.465 e. The summed E-state index contributed by atoms with van der Waals surface area (Å²) >= 11 is 0. The number of rotatable bonds is 8. The van der Waals surface area contributed by atoms with Gasteiger partial charge in [-0.3, -0.25) is 9.36 Å². The van der Waals surface area contributed by atoms with Gasteiger partial charge in [0.1, 0.15) is 11.3 Å². The molecule has 7 rings (SSSR count). The van der Waals surface area contributed by atoms with Gasteiger partial charge < -0.3 is 26.4 Å². The predicted molar refractivity (Wildman–Crippen MR) is 187 cm³/mol. The second-order valence-electron chi connectivity index (χ2n) is 13.1. The number of nitrogen functional groups attached to an aromatic ring is 1. The molecule has 0 unspecified atom stereocenters. The zero-order chi connectivity index (χ0) is 33.4. The first-order valence-electron chi connectivity index (χ1n) is 16.6. The maximum absolute atomic E-state index is 12.6. The lowest BCUT2D eigenvalue weighted by Crippen LogP contribution is -2.50. The van der Waals surface area contributed by atoms with E-state index in [9.17, 15) is 14.7 Å². The van der Waals surface area contributed by atoms with E-state index in [0.717, 1.165) is 73.4 Å². The van der Waals surface area contributed by atoms with Gasteiger partial charge in [-0.05, 0) is 100 Å². The number of nitrogens with zero attached hydrogens (tertiary/aromatic N) is 5. The first-order valence-corrected chi connectivity index (χ1v) is 16.6. The fraction of sp³-hybridized carbons (Fsp3) is 0.324. The Bertz CT molecular complexity index is 1970. The van der Waals surface area contributed by atoms with E-state index in [1.54, 1.807) is 6.20 Å². The number of carbonyl (C=O) groups excluding carboxylic acids is 1. The molecule has 1 aliphatic heterocycles. The quantitative estimate of drug-likeness (QED) is 0.158.